The van der Waals surface area contributed by atoms with Crippen LogP contribution in [0.3, 0.4) is 0 Å². The number of hydrogen-bond donors (Lipinski definition) is 0. The van der Waals surface area contributed by atoms with E-state index in [0.29, 0.717) is 22.9 Å². The smallest absolute Gasteiger partial charge is 0.239 e. The fourth-order valence-electron chi connectivity index (χ4n) is 2.28. The summed E-state index contributed by atoms with van der Waals surface area (Å²) in [5.41, 5.74) is 1.09. The molecule has 0 aliphatic heterocycles. The number of nitrogens with zero attached hydrogens (tertiary/aromatic N) is 6. The molecule has 0 spiro atoms. The van der Waals surface area contributed by atoms with E-state index in [0.717, 1.165) is 0 Å². The van der Waals surface area contributed by atoms with Crippen LogP contribution >= 0.6 is 0 Å². The van der Waals surface area contributed by atoms with Crippen LogP contribution in [-0.4, -0.2) is 29.9 Å². The summed E-state index contributed by atoms with van der Waals surface area (Å²) in [6.07, 6.45) is 2.86. The van der Waals surface area contributed by atoms with Gasteiger partial charge in [0.05, 0.1) is 6.54 Å². The van der Waals surface area contributed by atoms with Crippen LogP contribution in [0, 0.1) is 5.82 Å². The molecule has 0 atom stereocenters. The van der Waals surface area contributed by atoms with Crippen LogP contribution in [0.15, 0.2) is 59.6 Å². The van der Waals surface area contributed by atoms with Crippen molar-refractivity contribution >= 4 is 0 Å². The molecule has 0 bridgehead atoms. The highest BCUT2D eigenvalue weighted by atomic mass is 19.1. The maximum atomic E-state index is 14.0. The summed E-state index contributed by atoms with van der Waals surface area (Å²) < 4.78 is 20.3. The number of pyridine rings is 1. The highest BCUT2D eigenvalue weighted by Gasteiger charge is 2.18. The van der Waals surface area contributed by atoms with Gasteiger partial charge in [-0.3, -0.25) is 4.98 Å². The van der Waals surface area contributed by atoms with E-state index in [4.69, 9.17) is 4.52 Å². The zero-order valence-corrected chi connectivity index (χ0v) is 12.4. The van der Waals surface area contributed by atoms with Crippen LogP contribution < -0.4 is 0 Å². The molecular weight excluding hydrogens is 311 g/mol. The van der Waals surface area contributed by atoms with Gasteiger partial charge in [0.2, 0.25) is 18.0 Å². The minimum atomic E-state index is -0.313. The predicted molar refractivity (Wildman–Crippen MR) is 82.0 cm³/mol. The molecule has 0 unspecified atom stereocenters. The first-order valence-electron chi connectivity index (χ1n) is 7.17. The molecule has 7 nitrogen and oxygen atoms in total. The van der Waals surface area contributed by atoms with E-state index in [1.165, 1.54) is 17.1 Å². The third-order valence-electron chi connectivity index (χ3n) is 3.40. The minimum absolute atomic E-state index is 0.191. The Morgan fingerprint density at radius 1 is 1.00 bits per heavy atom. The number of halogens is 1. The van der Waals surface area contributed by atoms with Gasteiger partial charge in [-0.15, -0.1) is 5.10 Å². The molecule has 0 saturated heterocycles. The van der Waals surface area contributed by atoms with E-state index >= 15 is 0 Å². The Bertz CT molecular complexity index is 952. The SMILES string of the molecule is Fc1ccccc1Cn1nc(-c2ccccn2)nc1-c1ncon1. The van der Waals surface area contributed by atoms with Crippen LogP contribution in [0.4, 0.5) is 4.39 Å². The maximum Gasteiger partial charge on any atom is 0.239 e. The highest BCUT2D eigenvalue weighted by Crippen LogP contribution is 2.20. The Hall–Kier alpha value is -3.42. The number of benzene rings is 1. The lowest BCUT2D eigenvalue weighted by Crippen LogP contribution is -2.06. The summed E-state index contributed by atoms with van der Waals surface area (Å²) in [7, 11) is 0. The average Bonchev–Trinajstić information content (AvgIpc) is 3.27. The number of hydrogen-bond acceptors (Lipinski definition) is 6. The van der Waals surface area contributed by atoms with Gasteiger partial charge in [-0.05, 0) is 18.2 Å². The van der Waals surface area contributed by atoms with Gasteiger partial charge in [0.25, 0.3) is 0 Å². The molecule has 0 N–H and O–H groups in total. The minimum Gasteiger partial charge on any atom is -0.342 e. The largest absolute Gasteiger partial charge is 0.342 e. The van der Waals surface area contributed by atoms with Crippen molar-refractivity contribution in [2.75, 3.05) is 0 Å². The highest BCUT2D eigenvalue weighted by molar-refractivity contribution is 5.53. The fourth-order valence-corrected chi connectivity index (χ4v) is 2.28. The summed E-state index contributed by atoms with van der Waals surface area (Å²) in [5.74, 6) is 0.756. The van der Waals surface area contributed by atoms with Gasteiger partial charge in [0.15, 0.2) is 5.82 Å². The molecule has 4 rings (SSSR count). The Morgan fingerprint density at radius 3 is 2.62 bits per heavy atom. The lowest BCUT2D eigenvalue weighted by Gasteiger charge is -2.04. The van der Waals surface area contributed by atoms with Crippen LogP contribution in [0.2, 0.25) is 0 Å². The fraction of sp³-hybridized carbons (Fsp3) is 0.0625. The van der Waals surface area contributed by atoms with Crippen molar-refractivity contribution in [1.82, 2.24) is 29.9 Å². The van der Waals surface area contributed by atoms with Gasteiger partial charge in [0, 0.05) is 11.8 Å². The summed E-state index contributed by atoms with van der Waals surface area (Å²) in [6, 6.07) is 11.9. The quantitative estimate of drug-likeness (QED) is 0.574. The van der Waals surface area contributed by atoms with E-state index in [2.05, 4.69) is 25.2 Å². The average molecular weight is 322 g/mol. The number of aromatic nitrogens is 6. The molecule has 4 aromatic rings. The van der Waals surface area contributed by atoms with Crippen LogP contribution in [-0.2, 0) is 6.54 Å². The first-order valence-corrected chi connectivity index (χ1v) is 7.17. The van der Waals surface area contributed by atoms with Gasteiger partial charge in [-0.2, -0.15) is 4.98 Å². The van der Waals surface area contributed by atoms with Gasteiger partial charge in [-0.1, -0.05) is 29.4 Å². The molecular formula is C16H11FN6O. The Morgan fingerprint density at radius 2 is 1.88 bits per heavy atom. The molecule has 8 heteroatoms. The zero-order valence-electron chi connectivity index (χ0n) is 12.4. The molecule has 3 aromatic heterocycles. The van der Waals surface area contributed by atoms with Crippen molar-refractivity contribution in [2.24, 2.45) is 0 Å². The van der Waals surface area contributed by atoms with E-state index in [1.807, 2.05) is 6.07 Å². The predicted octanol–water partition coefficient (Wildman–Crippen LogP) is 2.58. The lowest BCUT2D eigenvalue weighted by atomic mass is 10.2. The van der Waals surface area contributed by atoms with E-state index in [-0.39, 0.29) is 18.2 Å². The van der Waals surface area contributed by atoms with Gasteiger partial charge in [-0.25, -0.2) is 14.1 Å². The third kappa shape index (κ3) is 2.65. The Balaban J connectivity index is 1.80. The Labute approximate surface area is 135 Å². The second-order valence-corrected chi connectivity index (χ2v) is 4.98. The summed E-state index contributed by atoms with van der Waals surface area (Å²) >= 11 is 0. The second-order valence-electron chi connectivity index (χ2n) is 4.98. The van der Waals surface area contributed by atoms with E-state index < -0.39 is 0 Å². The van der Waals surface area contributed by atoms with Crippen molar-refractivity contribution in [1.29, 1.82) is 0 Å². The standard InChI is InChI=1S/C16H11FN6O/c17-12-6-2-1-5-11(12)9-23-16(15-19-10-24-22-15)20-14(21-23)13-7-3-4-8-18-13/h1-8,10H,9H2. The van der Waals surface area contributed by atoms with Crippen LogP contribution in [0.25, 0.3) is 23.2 Å². The Kier molecular flexibility index (Phi) is 3.54. The van der Waals surface area contributed by atoms with Crippen molar-refractivity contribution in [3.05, 3.63) is 66.4 Å². The molecule has 0 radical (unpaired) electrons. The first kappa shape index (κ1) is 14.2. The van der Waals surface area contributed by atoms with Crippen molar-refractivity contribution in [3.63, 3.8) is 0 Å². The third-order valence-corrected chi connectivity index (χ3v) is 3.40. The molecule has 0 aliphatic carbocycles. The zero-order chi connectivity index (χ0) is 16.4. The summed E-state index contributed by atoms with van der Waals surface area (Å²) in [4.78, 5) is 12.7. The van der Waals surface area contributed by atoms with Gasteiger partial charge < -0.3 is 4.52 Å². The number of rotatable bonds is 4. The van der Waals surface area contributed by atoms with E-state index in [1.54, 1.807) is 36.5 Å². The maximum absolute atomic E-state index is 14.0. The summed E-state index contributed by atoms with van der Waals surface area (Å²) in [6.45, 7) is 0.191. The van der Waals surface area contributed by atoms with E-state index in [9.17, 15) is 4.39 Å². The van der Waals surface area contributed by atoms with Crippen LogP contribution in [0.1, 0.15) is 5.56 Å². The van der Waals surface area contributed by atoms with Crippen molar-refractivity contribution in [2.45, 2.75) is 6.54 Å². The topological polar surface area (TPSA) is 82.5 Å². The lowest BCUT2D eigenvalue weighted by molar-refractivity contribution is 0.418. The molecule has 1 aromatic carbocycles. The van der Waals surface area contributed by atoms with Crippen molar-refractivity contribution in [3.8, 4) is 23.2 Å². The van der Waals surface area contributed by atoms with Crippen LogP contribution in [0.5, 0.6) is 0 Å². The summed E-state index contributed by atoms with van der Waals surface area (Å²) in [5, 5.41) is 8.22. The molecule has 24 heavy (non-hydrogen) atoms. The first-order chi connectivity index (χ1) is 11.8. The molecule has 0 aliphatic rings. The van der Waals surface area contributed by atoms with Gasteiger partial charge in [0.1, 0.15) is 11.5 Å². The van der Waals surface area contributed by atoms with Gasteiger partial charge >= 0.3 is 0 Å². The second kappa shape index (κ2) is 5.99. The monoisotopic (exact) mass is 322 g/mol. The molecule has 3 heterocycles. The van der Waals surface area contributed by atoms with Crippen molar-refractivity contribution < 1.29 is 8.91 Å². The normalized spacial score (nSPS) is 10.9. The molecule has 0 amide bonds. The molecule has 0 saturated carbocycles. The molecule has 118 valence electrons. The molecule has 0 fully saturated rings.